The van der Waals surface area contributed by atoms with Crippen LogP contribution < -0.4 is 0 Å². The highest BCUT2D eigenvalue weighted by Gasteiger charge is 2.76. The number of aliphatic hydroxyl groups excluding tert-OH is 2. The van der Waals surface area contributed by atoms with Crippen LogP contribution in [-0.2, 0) is 4.74 Å². The van der Waals surface area contributed by atoms with E-state index in [2.05, 4.69) is 30.1 Å². The van der Waals surface area contributed by atoms with Crippen LogP contribution in [0.15, 0.2) is 35.1 Å². The lowest BCUT2D eigenvalue weighted by atomic mass is 9.51. The van der Waals surface area contributed by atoms with E-state index in [1.165, 1.54) is 12.0 Å². The predicted molar refractivity (Wildman–Crippen MR) is 130 cm³/mol. The van der Waals surface area contributed by atoms with Crippen molar-refractivity contribution in [2.75, 3.05) is 14.1 Å². The Bertz CT molecular complexity index is 1220. The quantitative estimate of drug-likeness (QED) is 0.607. The average Bonchev–Trinajstić information content (AvgIpc) is 3.52. The second-order valence-electron chi connectivity index (χ2n) is 12.5. The van der Waals surface area contributed by atoms with Crippen LogP contribution in [0.25, 0.3) is 16.7 Å². The van der Waals surface area contributed by atoms with Crippen molar-refractivity contribution < 1.29 is 24.5 Å². The molecule has 1 aromatic carbocycles. The van der Waals surface area contributed by atoms with Gasteiger partial charge < -0.3 is 29.4 Å². The fourth-order valence-corrected chi connectivity index (χ4v) is 9.08. The van der Waals surface area contributed by atoms with E-state index in [0.29, 0.717) is 19.3 Å². The van der Waals surface area contributed by atoms with Crippen molar-refractivity contribution in [2.24, 2.45) is 17.3 Å². The van der Waals surface area contributed by atoms with Crippen LogP contribution in [-0.4, -0.2) is 74.4 Å². The molecule has 0 radical (unpaired) electrons. The second kappa shape index (κ2) is 6.95. The summed E-state index contributed by atoms with van der Waals surface area (Å²) in [6.45, 7) is 2.35. The zero-order valence-corrected chi connectivity index (χ0v) is 20.8. The molecule has 4 fully saturated rings. The molecule has 1 aromatic heterocycles. The van der Waals surface area contributed by atoms with Gasteiger partial charge in [-0.05, 0) is 87.7 Å². The van der Waals surface area contributed by atoms with Crippen molar-refractivity contribution in [3.63, 3.8) is 0 Å². The van der Waals surface area contributed by atoms with Gasteiger partial charge in [-0.15, -0.1) is 0 Å². The second-order valence-corrected chi connectivity index (χ2v) is 12.5. The van der Waals surface area contributed by atoms with E-state index in [4.69, 9.17) is 9.15 Å². The lowest BCUT2D eigenvalue weighted by Gasteiger charge is -2.65. The molecule has 7 nitrogen and oxygen atoms in total. The van der Waals surface area contributed by atoms with Crippen molar-refractivity contribution in [3.05, 3.63) is 36.2 Å². The minimum atomic E-state index is -0.994. The monoisotopic (exact) mass is 480 g/mol. The first-order valence-electron chi connectivity index (χ1n) is 13.1. The first-order valence-corrected chi connectivity index (χ1v) is 13.1. The molecule has 2 bridgehead atoms. The first-order chi connectivity index (χ1) is 16.6. The van der Waals surface area contributed by atoms with E-state index in [-0.39, 0.29) is 23.3 Å². The Hall–Kier alpha value is -1.77. The lowest BCUT2D eigenvalue weighted by molar-refractivity contribution is -0.331. The third kappa shape index (κ3) is 2.66. The Balaban J connectivity index is 1.28. The van der Waals surface area contributed by atoms with Gasteiger partial charge in [0.1, 0.15) is 11.1 Å². The third-order valence-electron chi connectivity index (χ3n) is 10.9. The average molecular weight is 481 g/mol. The fraction of sp³-hybridized carbons (Fsp3) is 0.679. The summed E-state index contributed by atoms with van der Waals surface area (Å²) >= 11 is 0. The van der Waals surface area contributed by atoms with Gasteiger partial charge >= 0.3 is 0 Å². The smallest absolute Gasteiger partial charge is 0.181 e. The van der Waals surface area contributed by atoms with Gasteiger partial charge in [0.2, 0.25) is 0 Å². The molecule has 2 saturated carbocycles. The number of benzene rings is 1. The van der Waals surface area contributed by atoms with Crippen LogP contribution in [0.2, 0.25) is 0 Å². The molecule has 3 N–H and O–H groups in total. The van der Waals surface area contributed by atoms with Gasteiger partial charge in [-0.1, -0.05) is 19.1 Å². The molecule has 7 heteroatoms. The third-order valence-corrected chi connectivity index (χ3v) is 10.9. The van der Waals surface area contributed by atoms with E-state index < -0.39 is 29.0 Å². The van der Waals surface area contributed by atoms with E-state index in [0.717, 1.165) is 42.3 Å². The normalized spacial score (nSPS) is 48.5. The van der Waals surface area contributed by atoms with Crippen molar-refractivity contribution >= 4 is 16.7 Å². The maximum Gasteiger partial charge on any atom is 0.181 e. The van der Waals surface area contributed by atoms with Gasteiger partial charge in [0.05, 0.1) is 23.4 Å². The number of oxazole rings is 1. The van der Waals surface area contributed by atoms with Gasteiger partial charge in [-0.25, -0.2) is 4.98 Å². The molecule has 5 aliphatic rings. The number of rotatable bonds is 2. The molecular weight excluding hydrogens is 444 g/mol. The summed E-state index contributed by atoms with van der Waals surface area (Å²) < 4.78 is 12.8. The number of allylic oxidation sites excluding steroid dienone is 2. The van der Waals surface area contributed by atoms with Crippen molar-refractivity contribution in [1.82, 2.24) is 9.88 Å². The molecule has 0 amide bonds. The first kappa shape index (κ1) is 22.4. The summed E-state index contributed by atoms with van der Waals surface area (Å²) in [7, 11) is 3.91. The molecule has 35 heavy (non-hydrogen) atoms. The SMILES string of the molecule is CN(C)[C@H]1C[C@@]23CC[C@]4(O2)C2CC=C(c5ccc6ncoc6c5)[C@@]2(C)CCC4(O)CC3[C@@H](O)[C@@H]1O. The molecule has 2 aromatic rings. The Labute approximate surface area is 205 Å². The van der Waals surface area contributed by atoms with E-state index in [1.807, 2.05) is 25.1 Å². The molecule has 9 atom stereocenters. The summed E-state index contributed by atoms with van der Waals surface area (Å²) in [5.74, 6) is -0.0855. The van der Waals surface area contributed by atoms with E-state index in [1.54, 1.807) is 0 Å². The molecule has 3 heterocycles. The molecule has 2 aliphatic heterocycles. The van der Waals surface area contributed by atoms with Crippen molar-refractivity contribution in [3.8, 4) is 0 Å². The minimum Gasteiger partial charge on any atom is -0.443 e. The number of aromatic nitrogens is 1. The number of hydrogen-bond acceptors (Lipinski definition) is 7. The maximum absolute atomic E-state index is 12.2. The summed E-state index contributed by atoms with van der Waals surface area (Å²) in [6.07, 6.45) is 7.28. The summed E-state index contributed by atoms with van der Waals surface area (Å²) in [5.41, 5.74) is 1.88. The molecule has 2 saturated heterocycles. The summed E-state index contributed by atoms with van der Waals surface area (Å²) in [6, 6.07) is 6.08. The molecular formula is C28H36N2O5. The van der Waals surface area contributed by atoms with Gasteiger partial charge in [0, 0.05) is 17.9 Å². The number of nitrogens with zero attached hydrogens (tertiary/aromatic N) is 2. The van der Waals surface area contributed by atoms with Gasteiger partial charge in [-0.3, -0.25) is 0 Å². The topological polar surface area (TPSA) is 99.2 Å². The molecule has 188 valence electrons. The number of ether oxygens (including phenoxy) is 1. The van der Waals surface area contributed by atoms with Crippen LogP contribution in [0.3, 0.4) is 0 Å². The van der Waals surface area contributed by atoms with E-state index >= 15 is 0 Å². The van der Waals surface area contributed by atoms with Crippen LogP contribution in [0.1, 0.15) is 57.4 Å². The highest BCUT2D eigenvalue weighted by Crippen LogP contribution is 2.71. The highest BCUT2D eigenvalue weighted by molar-refractivity contribution is 5.81. The van der Waals surface area contributed by atoms with E-state index in [9.17, 15) is 15.3 Å². The number of hydrogen-bond donors (Lipinski definition) is 3. The van der Waals surface area contributed by atoms with Crippen molar-refractivity contribution in [1.29, 1.82) is 0 Å². The Morgan fingerprint density at radius 1 is 1.06 bits per heavy atom. The minimum absolute atomic E-state index is 0.119. The molecule has 3 aliphatic carbocycles. The van der Waals surface area contributed by atoms with Gasteiger partial charge in [-0.2, -0.15) is 0 Å². The van der Waals surface area contributed by atoms with Gasteiger partial charge in [0.15, 0.2) is 12.0 Å². The van der Waals surface area contributed by atoms with Crippen LogP contribution in [0.5, 0.6) is 0 Å². The van der Waals surface area contributed by atoms with Crippen molar-refractivity contribution in [2.45, 2.75) is 86.9 Å². The molecule has 2 spiro atoms. The number of likely N-dealkylation sites (N-methyl/N-ethyl adjacent to an activating group) is 1. The maximum atomic E-state index is 12.2. The Morgan fingerprint density at radius 3 is 2.69 bits per heavy atom. The fourth-order valence-electron chi connectivity index (χ4n) is 9.08. The summed E-state index contributed by atoms with van der Waals surface area (Å²) in [5, 5.41) is 34.4. The Morgan fingerprint density at radius 2 is 1.89 bits per heavy atom. The number of aliphatic hydroxyl groups is 3. The highest BCUT2D eigenvalue weighted by atomic mass is 16.6. The van der Waals surface area contributed by atoms with Crippen LogP contribution >= 0.6 is 0 Å². The van der Waals surface area contributed by atoms with Crippen LogP contribution in [0, 0.1) is 17.3 Å². The standard InChI is InChI=1S/C28H36N2O5/c1-25-8-10-27(33)13-18-23(31)24(32)20(30(2)3)14-26(18)9-11-28(27,35-26)22(25)7-5-17(25)16-4-6-19-21(12-16)34-15-29-19/h4-6,12,15,18,20,22-24,31-33H,7-11,13-14H2,1-3H3/t18?,20-,22?,23+,24+,25+,26+,27?,28-/m0/s1. The molecule has 3 unspecified atom stereocenters. The number of fused-ring (bicyclic) bond motifs is 2. The zero-order valence-electron chi connectivity index (χ0n) is 20.8. The Kier molecular flexibility index (Phi) is 4.46. The largest absolute Gasteiger partial charge is 0.443 e. The summed E-state index contributed by atoms with van der Waals surface area (Å²) in [4.78, 5) is 6.27. The zero-order chi connectivity index (χ0) is 24.4. The lowest BCUT2D eigenvalue weighted by Crippen LogP contribution is -2.73. The van der Waals surface area contributed by atoms with Crippen LogP contribution in [0.4, 0.5) is 0 Å². The molecule has 7 rings (SSSR count). The predicted octanol–water partition coefficient (Wildman–Crippen LogP) is 3.13. The van der Waals surface area contributed by atoms with Gasteiger partial charge in [0.25, 0.3) is 0 Å².